The fraction of sp³-hybridized carbons (Fsp3) is 0.154. The van der Waals surface area contributed by atoms with Crippen LogP contribution in [0.4, 0.5) is 5.69 Å². The second kappa shape index (κ2) is 8.17. The molecule has 2 atom stereocenters. The standard InChI is InChI=1S/C26H20ClNO4/c1-16-7-12-22-21(13-16)18(14-23(29)32-22)15-31-20-10-8-17(9-11-20)25-24(27)26(30)28(25)19-5-3-2-4-6-19/h2-14,24-25H,15H2,1H3. The maximum absolute atomic E-state index is 12.4. The molecule has 6 heteroatoms. The molecule has 3 aromatic carbocycles. The zero-order chi connectivity index (χ0) is 22.2. The largest absolute Gasteiger partial charge is 0.489 e. The summed E-state index contributed by atoms with van der Waals surface area (Å²) in [5, 5.41) is 0.262. The van der Waals surface area contributed by atoms with Crippen LogP contribution in [0.1, 0.15) is 22.7 Å². The van der Waals surface area contributed by atoms with E-state index < -0.39 is 11.0 Å². The number of nitrogens with zero attached hydrogens (tertiary/aromatic N) is 1. The number of hydrogen-bond donors (Lipinski definition) is 0. The number of carbonyl (C=O) groups is 1. The van der Waals surface area contributed by atoms with Crippen LogP contribution in [0.5, 0.6) is 5.75 Å². The van der Waals surface area contributed by atoms with E-state index in [9.17, 15) is 9.59 Å². The Morgan fingerprint density at radius 1 is 0.969 bits per heavy atom. The average Bonchev–Trinajstić information content (AvgIpc) is 2.81. The summed E-state index contributed by atoms with van der Waals surface area (Å²) in [7, 11) is 0. The van der Waals surface area contributed by atoms with Crippen molar-refractivity contribution in [2.75, 3.05) is 4.90 Å². The van der Waals surface area contributed by atoms with Crippen molar-refractivity contribution in [1.29, 1.82) is 0 Å². The number of anilines is 1. The Morgan fingerprint density at radius 2 is 1.72 bits per heavy atom. The van der Waals surface area contributed by atoms with Crippen molar-refractivity contribution in [1.82, 2.24) is 0 Å². The van der Waals surface area contributed by atoms with Gasteiger partial charge in [0.15, 0.2) is 0 Å². The van der Waals surface area contributed by atoms with E-state index in [1.54, 1.807) is 11.0 Å². The van der Waals surface area contributed by atoms with Crippen LogP contribution >= 0.6 is 11.6 Å². The molecule has 0 spiro atoms. The lowest BCUT2D eigenvalue weighted by molar-refractivity contribution is -0.123. The van der Waals surface area contributed by atoms with Crippen molar-refractivity contribution in [3.8, 4) is 5.75 Å². The third-order valence-corrected chi connectivity index (χ3v) is 6.09. The number of rotatable bonds is 5. The van der Waals surface area contributed by atoms with Gasteiger partial charge in [-0.15, -0.1) is 11.6 Å². The minimum atomic E-state index is -0.597. The van der Waals surface area contributed by atoms with Crippen LogP contribution in [0.15, 0.2) is 88.1 Å². The number of hydrogen-bond acceptors (Lipinski definition) is 4. The van der Waals surface area contributed by atoms with Gasteiger partial charge in [0, 0.05) is 22.7 Å². The van der Waals surface area contributed by atoms with Crippen molar-refractivity contribution in [3.63, 3.8) is 0 Å². The number of fused-ring (bicyclic) bond motifs is 1. The molecule has 4 aromatic rings. The summed E-state index contributed by atoms with van der Waals surface area (Å²) in [5.74, 6) is 0.555. The third-order valence-electron chi connectivity index (χ3n) is 5.66. The molecule has 2 heterocycles. The first-order valence-corrected chi connectivity index (χ1v) is 10.7. The van der Waals surface area contributed by atoms with Crippen LogP contribution < -0.4 is 15.3 Å². The van der Waals surface area contributed by atoms with Crippen LogP contribution in [0, 0.1) is 6.92 Å². The van der Waals surface area contributed by atoms with Gasteiger partial charge in [-0.1, -0.05) is 42.0 Å². The zero-order valence-corrected chi connectivity index (χ0v) is 18.1. The monoisotopic (exact) mass is 445 g/mol. The molecule has 0 aliphatic carbocycles. The Morgan fingerprint density at radius 3 is 2.47 bits per heavy atom. The van der Waals surface area contributed by atoms with Crippen LogP contribution in [-0.2, 0) is 11.4 Å². The molecule has 1 aliphatic heterocycles. The molecule has 1 amide bonds. The van der Waals surface area contributed by atoms with E-state index in [0.29, 0.717) is 11.3 Å². The van der Waals surface area contributed by atoms with Crippen LogP contribution in [-0.4, -0.2) is 11.3 Å². The molecular formula is C26H20ClNO4. The minimum absolute atomic E-state index is 0.103. The first kappa shape index (κ1) is 20.3. The summed E-state index contributed by atoms with van der Waals surface area (Å²) < 4.78 is 11.2. The summed E-state index contributed by atoms with van der Waals surface area (Å²) in [5.41, 5.74) is 3.74. The predicted octanol–water partition coefficient (Wildman–Crippen LogP) is 5.38. The van der Waals surface area contributed by atoms with Crippen LogP contribution in [0.3, 0.4) is 0 Å². The van der Waals surface area contributed by atoms with Crippen LogP contribution in [0.2, 0.25) is 0 Å². The molecule has 0 saturated carbocycles. The number of alkyl halides is 1. The van der Waals surface area contributed by atoms with E-state index in [1.807, 2.05) is 73.7 Å². The molecule has 1 saturated heterocycles. The van der Waals surface area contributed by atoms with Gasteiger partial charge in [0.05, 0.1) is 6.04 Å². The summed E-state index contributed by atoms with van der Waals surface area (Å²) in [6.45, 7) is 2.23. The molecule has 1 aromatic heterocycles. The predicted molar refractivity (Wildman–Crippen MR) is 124 cm³/mol. The van der Waals surface area contributed by atoms with Gasteiger partial charge < -0.3 is 14.1 Å². The topological polar surface area (TPSA) is 59.8 Å². The highest BCUT2D eigenvalue weighted by atomic mass is 35.5. The van der Waals surface area contributed by atoms with Crippen molar-refractivity contribution in [3.05, 3.63) is 106 Å². The lowest BCUT2D eigenvalue weighted by Crippen LogP contribution is -2.56. The maximum atomic E-state index is 12.4. The van der Waals surface area contributed by atoms with Gasteiger partial charge >= 0.3 is 5.63 Å². The summed E-state index contributed by atoms with van der Waals surface area (Å²) in [6.07, 6.45) is 0. The molecule has 160 valence electrons. The molecular weight excluding hydrogens is 426 g/mol. The quantitative estimate of drug-likeness (QED) is 0.235. The second-order valence-electron chi connectivity index (χ2n) is 7.84. The number of halogens is 1. The van der Waals surface area contributed by atoms with E-state index in [0.717, 1.165) is 27.8 Å². The first-order chi connectivity index (χ1) is 15.5. The average molecular weight is 446 g/mol. The van der Waals surface area contributed by atoms with Crippen molar-refractivity contribution < 1.29 is 13.9 Å². The zero-order valence-electron chi connectivity index (χ0n) is 17.3. The Hall–Kier alpha value is -3.57. The number of aryl methyl sites for hydroxylation is 1. The van der Waals surface area contributed by atoms with Gasteiger partial charge in [0.1, 0.15) is 23.3 Å². The fourth-order valence-electron chi connectivity index (χ4n) is 4.03. The Labute approximate surface area is 189 Å². The molecule has 5 nitrogen and oxygen atoms in total. The third kappa shape index (κ3) is 3.65. The number of β-lactam (4-membered cyclic amide) rings is 1. The molecule has 5 rings (SSSR count). The highest BCUT2D eigenvalue weighted by Gasteiger charge is 2.47. The Balaban J connectivity index is 1.35. The van der Waals surface area contributed by atoms with Gasteiger partial charge in [0.2, 0.25) is 5.91 Å². The highest BCUT2D eigenvalue weighted by Crippen LogP contribution is 2.42. The van der Waals surface area contributed by atoms with Crippen molar-refractivity contribution in [2.45, 2.75) is 24.9 Å². The van der Waals surface area contributed by atoms with Gasteiger partial charge in [-0.3, -0.25) is 4.79 Å². The van der Waals surface area contributed by atoms with E-state index in [4.69, 9.17) is 20.8 Å². The second-order valence-corrected chi connectivity index (χ2v) is 8.31. The normalized spacial score (nSPS) is 17.9. The summed E-state index contributed by atoms with van der Waals surface area (Å²) in [4.78, 5) is 26.0. The summed E-state index contributed by atoms with van der Waals surface area (Å²) in [6, 6.07) is 23.9. The maximum Gasteiger partial charge on any atom is 0.336 e. The first-order valence-electron chi connectivity index (χ1n) is 10.3. The van der Waals surface area contributed by atoms with Crippen LogP contribution in [0.25, 0.3) is 11.0 Å². The molecule has 1 aliphatic rings. The van der Waals surface area contributed by atoms with E-state index in [2.05, 4.69) is 0 Å². The molecule has 0 bridgehead atoms. The number of para-hydroxylation sites is 1. The van der Waals surface area contributed by atoms with Crippen molar-refractivity contribution in [2.24, 2.45) is 0 Å². The van der Waals surface area contributed by atoms with E-state index in [1.165, 1.54) is 6.07 Å². The molecule has 2 unspecified atom stereocenters. The SMILES string of the molecule is Cc1ccc2oc(=O)cc(COc3ccc(C4C(Cl)C(=O)N4c4ccccc4)cc3)c2c1. The van der Waals surface area contributed by atoms with Gasteiger partial charge in [-0.2, -0.15) is 0 Å². The number of benzene rings is 3. The lowest BCUT2D eigenvalue weighted by Gasteiger charge is -2.44. The minimum Gasteiger partial charge on any atom is -0.489 e. The van der Waals surface area contributed by atoms with E-state index >= 15 is 0 Å². The molecule has 1 fully saturated rings. The fourth-order valence-corrected chi connectivity index (χ4v) is 4.39. The highest BCUT2D eigenvalue weighted by molar-refractivity contribution is 6.37. The Bertz CT molecular complexity index is 1350. The Kier molecular flexibility index (Phi) is 5.19. The lowest BCUT2D eigenvalue weighted by atomic mass is 9.92. The van der Waals surface area contributed by atoms with Gasteiger partial charge in [-0.25, -0.2) is 4.79 Å². The molecule has 0 N–H and O–H groups in total. The summed E-state index contributed by atoms with van der Waals surface area (Å²) >= 11 is 6.35. The van der Waals surface area contributed by atoms with E-state index in [-0.39, 0.29) is 18.6 Å². The van der Waals surface area contributed by atoms with Gasteiger partial charge in [-0.05, 0) is 48.9 Å². The number of carbonyl (C=O) groups excluding carboxylic acids is 1. The molecule has 0 radical (unpaired) electrons. The number of ether oxygens (including phenoxy) is 1. The number of amides is 1. The molecule has 32 heavy (non-hydrogen) atoms. The smallest absolute Gasteiger partial charge is 0.336 e. The van der Waals surface area contributed by atoms with Gasteiger partial charge in [0.25, 0.3) is 0 Å². The van der Waals surface area contributed by atoms with Crippen molar-refractivity contribution >= 4 is 34.2 Å².